The molecule has 0 amide bonds. The Morgan fingerprint density at radius 2 is 2.32 bits per heavy atom. The number of nitrogens with zero attached hydrogens (tertiary/aromatic N) is 3. The van der Waals surface area contributed by atoms with Crippen LogP contribution in [0.15, 0.2) is 30.6 Å². The maximum absolute atomic E-state index is 11.5. The van der Waals surface area contributed by atoms with Gasteiger partial charge in [-0.15, -0.1) is 0 Å². The summed E-state index contributed by atoms with van der Waals surface area (Å²) in [5, 5.41) is 13.0. The Morgan fingerprint density at radius 1 is 1.53 bits per heavy atom. The topological polar surface area (TPSA) is 67.9 Å². The number of benzene rings is 1. The lowest BCUT2D eigenvalue weighted by Crippen LogP contribution is -1.97. The highest BCUT2D eigenvalue weighted by molar-refractivity contribution is 5.97. The van der Waals surface area contributed by atoms with Crippen LogP contribution in [-0.2, 0) is 6.54 Å². The molecule has 96 valence electrons. The molecule has 0 aliphatic rings. The molecule has 0 fully saturated rings. The molecule has 0 bridgehead atoms. The summed E-state index contributed by atoms with van der Waals surface area (Å²) < 4.78 is 7.36. The van der Waals surface area contributed by atoms with Crippen molar-refractivity contribution in [3.8, 4) is 17.6 Å². The molecular weight excluding hydrogens is 242 g/mol. The predicted molar refractivity (Wildman–Crippen MR) is 69.1 cm³/mol. The average molecular weight is 255 g/mol. The van der Waals surface area contributed by atoms with Gasteiger partial charge in [0.05, 0.1) is 29.6 Å². The number of ketones is 1. The number of carbonyl (C=O) groups is 1. The van der Waals surface area contributed by atoms with Gasteiger partial charge in [0.2, 0.25) is 0 Å². The van der Waals surface area contributed by atoms with Gasteiger partial charge in [0.25, 0.3) is 0 Å². The summed E-state index contributed by atoms with van der Waals surface area (Å²) >= 11 is 0. The van der Waals surface area contributed by atoms with Gasteiger partial charge < -0.3 is 4.74 Å². The van der Waals surface area contributed by atoms with Gasteiger partial charge in [-0.2, -0.15) is 10.4 Å². The van der Waals surface area contributed by atoms with Crippen molar-refractivity contribution < 1.29 is 9.53 Å². The van der Waals surface area contributed by atoms with E-state index >= 15 is 0 Å². The Balaban J connectivity index is 2.37. The van der Waals surface area contributed by atoms with Crippen molar-refractivity contribution in [2.24, 2.45) is 0 Å². The van der Waals surface area contributed by atoms with E-state index in [1.54, 1.807) is 35.3 Å². The molecule has 0 spiro atoms. The lowest BCUT2D eigenvalue weighted by atomic mass is 10.1. The zero-order valence-electron chi connectivity index (χ0n) is 10.8. The fraction of sp³-hybridized carbons (Fsp3) is 0.214. The van der Waals surface area contributed by atoms with Gasteiger partial charge in [-0.3, -0.25) is 9.48 Å². The largest absolute Gasteiger partial charge is 0.453 e. The number of aryl methyl sites for hydroxylation is 1. The van der Waals surface area contributed by atoms with Crippen LogP contribution in [0.3, 0.4) is 0 Å². The van der Waals surface area contributed by atoms with E-state index < -0.39 is 0 Å². The smallest absolute Gasteiger partial charge is 0.165 e. The molecule has 0 radical (unpaired) electrons. The summed E-state index contributed by atoms with van der Waals surface area (Å²) in [4.78, 5) is 11.5. The quantitative estimate of drug-likeness (QED) is 0.788. The molecule has 5 heteroatoms. The van der Waals surface area contributed by atoms with Gasteiger partial charge in [0, 0.05) is 6.54 Å². The second-order valence-electron chi connectivity index (χ2n) is 4.01. The van der Waals surface area contributed by atoms with Gasteiger partial charge in [-0.25, -0.2) is 0 Å². The van der Waals surface area contributed by atoms with Crippen LogP contribution in [0.25, 0.3) is 0 Å². The lowest BCUT2D eigenvalue weighted by Gasteiger charge is -2.07. The van der Waals surface area contributed by atoms with E-state index in [0.717, 1.165) is 6.54 Å². The van der Waals surface area contributed by atoms with Crippen molar-refractivity contribution in [2.45, 2.75) is 20.4 Å². The molecule has 1 aromatic heterocycles. The van der Waals surface area contributed by atoms with E-state index in [1.165, 1.54) is 6.92 Å². The fourth-order valence-corrected chi connectivity index (χ4v) is 1.66. The zero-order chi connectivity index (χ0) is 13.8. The van der Waals surface area contributed by atoms with Gasteiger partial charge in [0.1, 0.15) is 5.75 Å². The number of aromatic nitrogens is 2. The van der Waals surface area contributed by atoms with Crippen molar-refractivity contribution in [3.63, 3.8) is 0 Å². The van der Waals surface area contributed by atoms with Crippen LogP contribution in [0.4, 0.5) is 0 Å². The van der Waals surface area contributed by atoms with Gasteiger partial charge >= 0.3 is 0 Å². The first-order chi connectivity index (χ1) is 9.13. The minimum atomic E-state index is -0.109. The van der Waals surface area contributed by atoms with Crippen LogP contribution < -0.4 is 4.74 Å². The molecule has 0 saturated carbocycles. The van der Waals surface area contributed by atoms with Crippen LogP contribution in [0.1, 0.15) is 29.8 Å². The van der Waals surface area contributed by atoms with Crippen molar-refractivity contribution in [2.75, 3.05) is 0 Å². The van der Waals surface area contributed by atoms with E-state index in [-0.39, 0.29) is 5.78 Å². The Bertz CT molecular complexity index is 653. The molecular formula is C14H13N3O2. The Hall–Kier alpha value is -2.61. The zero-order valence-corrected chi connectivity index (χ0v) is 10.8. The molecule has 1 aromatic carbocycles. The highest BCUT2D eigenvalue weighted by Gasteiger charge is 2.11. The van der Waals surface area contributed by atoms with Crippen LogP contribution in [0, 0.1) is 11.3 Å². The summed E-state index contributed by atoms with van der Waals surface area (Å²) in [6.45, 7) is 4.17. The van der Waals surface area contributed by atoms with Gasteiger partial charge in [-0.1, -0.05) is 0 Å². The first-order valence-corrected chi connectivity index (χ1v) is 5.89. The maximum Gasteiger partial charge on any atom is 0.165 e. The highest BCUT2D eigenvalue weighted by Crippen LogP contribution is 2.26. The molecule has 19 heavy (non-hydrogen) atoms. The van der Waals surface area contributed by atoms with Crippen LogP contribution in [0.2, 0.25) is 0 Å². The van der Waals surface area contributed by atoms with Crippen LogP contribution in [0.5, 0.6) is 11.5 Å². The molecule has 0 N–H and O–H groups in total. The Labute approximate surface area is 111 Å². The number of nitriles is 1. The van der Waals surface area contributed by atoms with Crippen LogP contribution in [-0.4, -0.2) is 15.6 Å². The highest BCUT2D eigenvalue weighted by atomic mass is 16.5. The third-order valence-corrected chi connectivity index (χ3v) is 2.65. The normalized spacial score (nSPS) is 9.95. The molecule has 0 atom stereocenters. The van der Waals surface area contributed by atoms with E-state index in [4.69, 9.17) is 10.00 Å². The summed E-state index contributed by atoms with van der Waals surface area (Å²) in [6.07, 6.45) is 3.31. The van der Waals surface area contributed by atoms with Gasteiger partial charge in [-0.05, 0) is 32.0 Å². The summed E-state index contributed by atoms with van der Waals surface area (Å²) in [7, 11) is 0. The molecule has 0 aliphatic carbocycles. The standard InChI is InChI=1S/C14H13N3O2/c1-3-17-9-12(8-16-17)19-14-6-11(7-15)4-5-13(14)10(2)18/h4-6,8-9H,3H2,1-2H3. The minimum Gasteiger partial charge on any atom is -0.453 e. The minimum absolute atomic E-state index is 0.109. The van der Waals surface area contributed by atoms with E-state index in [0.29, 0.717) is 22.6 Å². The number of ether oxygens (including phenoxy) is 1. The van der Waals surface area contributed by atoms with E-state index in [1.807, 2.05) is 13.0 Å². The van der Waals surface area contributed by atoms with E-state index in [9.17, 15) is 4.79 Å². The van der Waals surface area contributed by atoms with E-state index in [2.05, 4.69) is 5.10 Å². The SMILES string of the molecule is CCn1cc(Oc2cc(C#N)ccc2C(C)=O)cn1. The maximum atomic E-state index is 11.5. The summed E-state index contributed by atoms with van der Waals surface area (Å²) in [6, 6.07) is 6.77. The Morgan fingerprint density at radius 3 is 2.89 bits per heavy atom. The average Bonchev–Trinajstić information content (AvgIpc) is 2.86. The van der Waals surface area contributed by atoms with Gasteiger partial charge in [0.15, 0.2) is 11.5 Å². The van der Waals surface area contributed by atoms with Crippen LogP contribution >= 0.6 is 0 Å². The van der Waals surface area contributed by atoms with Crippen molar-refractivity contribution in [3.05, 3.63) is 41.7 Å². The molecule has 1 heterocycles. The van der Waals surface area contributed by atoms with Crippen molar-refractivity contribution >= 4 is 5.78 Å². The van der Waals surface area contributed by atoms with Crippen molar-refractivity contribution in [1.82, 2.24) is 9.78 Å². The molecule has 5 nitrogen and oxygen atoms in total. The summed E-state index contributed by atoms with van der Waals surface area (Å²) in [5.74, 6) is 0.809. The molecule has 0 unspecified atom stereocenters. The fourth-order valence-electron chi connectivity index (χ4n) is 1.66. The number of rotatable bonds is 4. The number of Topliss-reactive ketones (excluding diaryl/α,β-unsaturated/α-hetero) is 1. The second-order valence-corrected chi connectivity index (χ2v) is 4.01. The lowest BCUT2D eigenvalue weighted by molar-refractivity contribution is 0.101. The first kappa shape index (κ1) is 12.8. The number of hydrogen-bond acceptors (Lipinski definition) is 4. The number of hydrogen-bond donors (Lipinski definition) is 0. The third-order valence-electron chi connectivity index (χ3n) is 2.65. The molecule has 2 aromatic rings. The number of carbonyl (C=O) groups excluding carboxylic acids is 1. The van der Waals surface area contributed by atoms with Crippen molar-refractivity contribution in [1.29, 1.82) is 5.26 Å². The molecule has 0 aliphatic heterocycles. The summed E-state index contributed by atoms with van der Waals surface area (Å²) in [5.41, 5.74) is 0.895. The monoisotopic (exact) mass is 255 g/mol. The Kier molecular flexibility index (Phi) is 3.62. The molecule has 2 rings (SSSR count). The second kappa shape index (κ2) is 5.36. The first-order valence-electron chi connectivity index (χ1n) is 5.89. The molecule has 0 saturated heterocycles. The predicted octanol–water partition coefficient (Wildman–Crippen LogP) is 2.77. The third kappa shape index (κ3) is 2.80.